The predicted molar refractivity (Wildman–Crippen MR) is 104 cm³/mol. The number of hydrogen-bond donors (Lipinski definition) is 0. The third-order valence-corrected chi connectivity index (χ3v) is 6.34. The largest absolute Gasteiger partial charge is 0.497 e. The molecule has 3 rings (SSSR count). The zero-order valence-corrected chi connectivity index (χ0v) is 16.1. The van der Waals surface area contributed by atoms with Crippen molar-refractivity contribution in [2.24, 2.45) is 11.3 Å². The number of rotatable bonds is 4. The van der Waals surface area contributed by atoms with Gasteiger partial charge in [-0.25, -0.2) is 0 Å². The molecular weight excluding hydrogens is 308 g/mol. The summed E-state index contributed by atoms with van der Waals surface area (Å²) in [6, 6.07) is 17.4. The van der Waals surface area contributed by atoms with Crippen LogP contribution in [-0.4, -0.2) is 14.2 Å². The molecule has 1 fully saturated rings. The van der Waals surface area contributed by atoms with Gasteiger partial charge in [0.25, 0.3) is 0 Å². The quantitative estimate of drug-likeness (QED) is 0.697. The summed E-state index contributed by atoms with van der Waals surface area (Å²) < 4.78 is 10.8. The van der Waals surface area contributed by atoms with Crippen molar-refractivity contribution in [1.29, 1.82) is 0 Å². The molecule has 0 N–H and O–H groups in total. The molecule has 1 aliphatic rings. The van der Waals surface area contributed by atoms with Gasteiger partial charge in [-0.3, -0.25) is 0 Å². The molecule has 1 saturated carbocycles. The second kappa shape index (κ2) is 6.74. The first kappa shape index (κ1) is 17.8. The third kappa shape index (κ3) is 2.82. The highest BCUT2D eigenvalue weighted by atomic mass is 16.5. The summed E-state index contributed by atoms with van der Waals surface area (Å²) in [6.45, 7) is 7.27. The van der Waals surface area contributed by atoms with E-state index in [9.17, 15) is 0 Å². The van der Waals surface area contributed by atoms with Crippen molar-refractivity contribution in [2.75, 3.05) is 14.2 Å². The Balaban J connectivity index is 2.22. The van der Waals surface area contributed by atoms with Crippen LogP contribution in [0.4, 0.5) is 0 Å². The maximum atomic E-state index is 5.39. The first-order chi connectivity index (χ1) is 12.0. The van der Waals surface area contributed by atoms with Crippen LogP contribution in [0.1, 0.15) is 51.2 Å². The summed E-state index contributed by atoms with van der Waals surface area (Å²) in [4.78, 5) is 0. The van der Waals surface area contributed by atoms with Gasteiger partial charge in [0.15, 0.2) is 0 Å². The van der Waals surface area contributed by atoms with Crippen LogP contribution < -0.4 is 9.47 Å². The zero-order chi connectivity index (χ0) is 18.1. The van der Waals surface area contributed by atoms with E-state index in [0.29, 0.717) is 5.92 Å². The second-order valence-electron chi connectivity index (χ2n) is 7.94. The Hall–Kier alpha value is -1.96. The lowest BCUT2D eigenvalue weighted by atomic mass is 9.48. The van der Waals surface area contributed by atoms with E-state index in [-0.39, 0.29) is 10.8 Å². The first-order valence-corrected chi connectivity index (χ1v) is 9.25. The van der Waals surface area contributed by atoms with E-state index < -0.39 is 0 Å². The van der Waals surface area contributed by atoms with Crippen LogP contribution in [0.3, 0.4) is 0 Å². The van der Waals surface area contributed by atoms with Gasteiger partial charge in [-0.1, -0.05) is 51.5 Å². The van der Waals surface area contributed by atoms with Gasteiger partial charge in [0, 0.05) is 5.41 Å². The fourth-order valence-corrected chi connectivity index (χ4v) is 5.16. The Morgan fingerprint density at radius 3 is 1.60 bits per heavy atom. The monoisotopic (exact) mass is 338 g/mol. The molecule has 0 bridgehead atoms. The number of hydrogen-bond acceptors (Lipinski definition) is 2. The van der Waals surface area contributed by atoms with Crippen molar-refractivity contribution in [3.8, 4) is 11.5 Å². The Morgan fingerprint density at radius 1 is 0.800 bits per heavy atom. The van der Waals surface area contributed by atoms with Crippen molar-refractivity contribution in [3.05, 3.63) is 59.7 Å². The molecule has 1 aliphatic carbocycles. The Kier molecular flexibility index (Phi) is 4.81. The average Bonchev–Trinajstić information content (AvgIpc) is 2.62. The molecule has 0 heterocycles. The minimum atomic E-state index is -0.0101. The van der Waals surface area contributed by atoms with Crippen molar-refractivity contribution in [2.45, 2.75) is 45.4 Å². The summed E-state index contributed by atoms with van der Waals surface area (Å²) in [6.07, 6.45) is 3.78. The smallest absolute Gasteiger partial charge is 0.118 e. The van der Waals surface area contributed by atoms with Crippen molar-refractivity contribution in [3.63, 3.8) is 0 Å². The number of methoxy groups -OCH3 is 2. The molecule has 0 spiro atoms. The van der Waals surface area contributed by atoms with E-state index in [4.69, 9.17) is 9.47 Å². The van der Waals surface area contributed by atoms with Gasteiger partial charge in [0.05, 0.1) is 14.2 Å². The van der Waals surface area contributed by atoms with Gasteiger partial charge in [-0.2, -0.15) is 0 Å². The topological polar surface area (TPSA) is 18.5 Å². The van der Waals surface area contributed by atoms with E-state index in [1.165, 1.54) is 30.4 Å². The molecule has 1 unspecified atom stereocenters. The third-order valence-electron chi connectivity index (χ3n) is 6.34. The molecule has 134 valence electrons. The average molecular weight is 338 g/mol. The van der Waals surface area contributed by atoms with E-state index in [1.54, 1.807) is 14.2 Å². The maximum absolute atomic E-state index is 5.39. The Labute approximate surface area is 152 Å². The summed E-state index contributed by atoms with van der Waals surface area (Å²) in [7, 11) is 3.45. The summed E-state index contributed by atoms with van der Waals surface area (Å²) >= 11 is 0. The molecule has 2 nitrogen and oxygen atoms in total. The molecule has 1 atom stereocenters. The van der Waals surface area contributed by atoms with Crippen LogP contribution in [0.5, 0.6) is 11.5 Å². The summed E-state index contributed by atoms with van der Waals surface area (Å²) in [5, 5.41) is 0. The Morgan fingerprint density at radius 2 is 1.24 bits per heavy atom. The molecule has 2 aromatic rings. The lowest BCUT2D eigenvalue weighted by molar-refractivity contribution is 0.0742. The highest BCUT2D eigenvalue weighted by Crippen LogP contribution is 2.58. The van der Waals surface area contributed by atoms with Gasteiger partial charge in [-0.15, -0.1) is 0 Å². The van der Waals surface area contributed by atoms with Crippen LogP contribution in [0.2, 0.25) is 0 Å². The first-order valence-electron chi connectivity index (χ1n) is 9.25. The van der Waals surface area contributed by atoms with Crippen LogP contribution in [-0.2, 0) is 5.41 Å². The fourth-order valence-electron chi connectivity index (χ4n) is 5.16. The van der Waals surface area contributed by atoms with E-state index >= 15 is 0 Å². The minimum absolute atomic E-state index is 0.0101. The molecule has 2 aromatic carbocycles. The van der Waals surface area contributed by atoms with Gasteiger partial charge in [0.1, 0.15) is 11.5 Å². The van der Waals surface area contributed by atoms with Crippen molar-refractivity contribution < 1.29 is 9.47 Å². The lowest BCUT2D eigenvalue weighted by Gasteiger charge is -2.55. The lowest BCUT2D eigenvalue weighted by Crippen LogP contribution is -2.50. The number of ether oxygens (including phenoxy) is 2. The molecule has 0 aliphatic heterocycles. The van der Waals surface area contributed by atoms with Gasteiger partial charge >= 0.3 is 0 Å². The minimum Gasteiger partial charge on any atom is -0.497 e. The molecule has 25 heavy (non-hydrogen) atoms. The summed E-state index contributed by atoms with van der Waals surface area (Å²) in [5.41, 5.74) is 2.93. The van der Waals surface area contributed by atoms with Crippen molar-refractivity contribution >= 4 is 0 Å². The van der Waals surface area contributed by atoms with Crippen molar-refractivity contribution in [1.82, 2.24) is 0 Å². The highest BCUT2D eigenvalue weighted by Gasteiger charge is 2.52. The van der Waals surface area contributed by atoms with Crippen LogP contribution in [0.25, 0.3) is 0 Å². The number of benzene rings is 2. The van der Waals surface area contributed by atoms with Gasteiger partial charge in [0.2, 0.25) is 0 Å². The predicted octanol–water partition coefficient (Wildman–Crippen LogP) is 5.84. The van der Waals surface area contributed by atoms with Crippen LogP contribution in [0, 0.1) is 11.3 Å². The normalized spacial score (nSPS) is 21.6. The SMILES string of the molecule is COc1ccc(C2(c3ccc(OC)cc3)C(C)CCCC2(C)C)cc1. The van der Waals surface area contributed by atoms with Gasteiger partial charge in [-0.05, 0) is 59.6 Å². The molecule has 2 heteroatoms. The molecule has 0 radical (unpaired) electrons. The highest BCUT2D eigenvalue weighted by molar-refractivity contribution is 5.46. The van der Waals surface area contributed by atoms with Gasteiger partial charge < -0.3 is 9.47 Å². The summed E-state index contributed by atoms with van der Waals surface area (Å²) in [5.74, 6) is 2.39. The maximum Gasteiger partial charge on any atom is 0.118 e. The molecule has 0 aromatic heterocycles. The van der Waals surface area contributed by atoms with E-state index in [2.05, 4.69) is 69.3 Å². The van der Waals surface area contributed by atoms with E-state index in [0.717, 1.165) is 11.5 Å². The van der Waals surface area contributed by atoms with Crippen LogP contribution in [0.15, 0.2) is 48.5 Å². The fraction of sp³-hybridized carbons (Fsp3) is 0.478. The standard InChI is InChI=1S/C23H30O2/c1-17-7-6-16-22(2,3)23(17,18-8-12-20(24-4)13-9-18)19-10-14-21(25-5)15-11-19/h8-15,17H,6-7,16H2,1-5H3. The second-order valence-corrected chi connectivity index (χ2v) is 7.94. The Bertz CT molecular complexity index is 650. The molecule has 0 saturated heterocycles. The zero-order valence-electron chi connectivity index (χ0n) is 16.1. The van der Waals surface area contributed by atoms with Crippen LogP contribution >= 0.6 is 0 Å². The molecule has 0 amide bonds. The molecular formula is C23H30O2. The van der Waals surface area contributed by atoms with E-state index in [1.807, 2.05) is 0 Å².